The Morgan fingerprint density at radius 3 is 1.56 bits per heavy atom. The van der Waals surface area contributed by atoms with E-state index < -0.39 is 7.82 Å². The highest BCUT2D eigenvalue weighted by atomic mass is 31.2. The van der Waals surface area contributed by atoms with Gasteiger partial charge in [0.2, 0.25) is 0 Å². The van der Waals surface area contributed by atoms with Crippen molar-refractivity contribution in [2.75, 3.05) is 19.8 Å². The van der Waals surface area contributed by atoms with Gasteiger partial charge in [-0.1, -0.05) is 26.7 Å². The minimum Gasteiger partial charge on any atom is -0.397 e. The van der Waals surface area contributed by atoms with Crippen LogP contribution in [-0.2, 0) is 13.6 Å². The lowest BCUT2D eigenvalue weighted by Gasteiger charge is -2.10. The van der Waals surface area contributed by atoms with E-state index >= 15 is 0 Å². The Balaban J connectivity index is 0. The van der Waals surface area contributed by atoms with E-state index in [0.717, 1.165) is 25.7 Å². The molecule has 0 aliphatic rings. The van der Waals surface area contributed by atoms with Gasteiger partial charge in [-0.05, 0) is 19.8 Å². The van der Waals surface area contributed by atoms with Crippen molar-refractivity contribution in [3.05, 3.63) is 0 Å². The molecule has 0 aliphatic heterocycles. The number of hydrogen-bond acceptors (Lipinski definition) is 4. The maximum atomic E-state index is 11.1. The molecule has 0 aromatic rings. The van der Waals surface area contributed by atoms with Crippen molar-refractivity contribution in [2.24, 2.45) is 0 Å². The van der Waals surface area contributed by atoms with Crippen molar-refractivity contribution in [2.45, 2.75) is 46.5 Å². The SMILES string of the molecule is CCCCOP(=O)(O)OCCCC.CCO. The summed E-state index contributed by atoms with van der Waals surface area (Å²) < 4.78 is 20.5. The second-order valence-electron chi connectivity index (χ2n) is 3.16. The van der Waals surface area contributed by atoms with Crippen molar-refractivity contribution in [3.8, 4) is 0 Å². The van der Waals surface area contributed by atoms with Crippen molar-refractivity contribution < 1.29 is 23.6 Å². The zero-order chi connectivity index (χ0) is 12.9. The van der Waals surface area contributed by atoms with Crippen LogP contribution >= 0.6 is 7.82 Å². The highest BCUT2D eigenvalue weighted by molar-refractivity contribution is 7.47. The molecule has 0 unspecified atom stereocenters. The van der Waals surface area contributed by atoms with E-state index in [-0.39, 0.29) is 19.8 Å². The topological polar surface area (TPSA) is 76.0 Å². The molecule has 0 heterocycles. The fourth-order valence-electron chi connectivity index (χ4n) is 0.686. The molecule has 0 amide bonds. The van der Waals surface area contributed by atoms with Gasteiger partial charge in [0.05, 0.1) is 13.2 Å². The molecule has 2 N–H and O–H groups in total. The molecule has 0 radical (unpaired) electrons. The van der Waals surface area contributed by atoms with Crippen LogP contribution in [0.5, 0.6) is 0 Å². The number of hydrogen-bond donors (Lipinski definition) is 2. The molecule has 5 nitrogen and oxygen atoms in total. The predicted octanol–water partition coefficient (Wildman–Crippen LogP) is 2.72. The quantitative estimate of drug-likeness (QED) is 0.516. The number of unbranched alkanes of at least 4 members (excludes halogenated alkanes) is 2. The molecule has 0 saturated heterocycles. The van der Waals surface area contributed by atoms with E-state index in [0.29, 0.717) is 0 Å². The molecule has 0 rings (SSSR count). The Morgan fingerprint density at radius 2 is 1.31 bits per heavy atom. The molecule has 0 bridgehead atoms. The van der Waals surface area contributed by atoms with Crippen LogP contribution in [0.4, 0.5) is 0 Å². The van der Waals surface area contributed by atoms with E-state index in [2.05, 4.69) is 0 Å². The molecule has 16 heavy (non-hydrogen) atoms. The normalized spacial score (nSPS) is 10.8. The molecule has 0 aromatic heterocycles. The molecular formula is C10H25O5P. The Bertz CT molecular complexity index is 161. The van der Waals surface area contributed by atoms with E-state index in [1.165, 1.54) is 0 Å². The zero-order valence-corrected chi connectivity index (χ0v) is 11.4. The van der Waals surface area contributed by atoms with Gasteiger partial charge in [-0.25, -0.2) is 4.57 Å². The summed E-state index contributed by atoms with van der Waals surface area (Å²) in [6, 6.07) is 0. The van der Waals surface area contributed by atoms with Crippen molar-refractivity contribution in [1.29, 1.82) is 0 Å². The Kier molecular flexibility index (Phi) is 15.1. The van der Waals surface area contributed by atoms with Gasteiger partial charge in [0.1, 0.15) is 0 Å². The second kappa shape index (κ2) is 13.1. The van der Waals surface area contributed by atoms with Gasteiger partial charge in [-0.15, -0.1) is 0 Å². The molecule has 100 valence electrons. The van der Waals surface area contributed by atoms with Gasteiger partial charge in [0.15, 0.2) is 0 Å². The lowest BCUT2D eigenvalue weighted by molar-refractivity contribution is 0.146. The minimum atomic E-state index is -3.75. The Hall–Kier alpha value is 0.0700. The molecule has 0 aromatic carbocycles. The third kappa shape index (κ3) is 16.5. The molecular weight excluding hydrogens is 231 g/mol. The highest BCUT2D eigenvalue weighted by Crippen LogP contribution is 2.43. The predicted molar refractivity (Wildman–Crippen MR) is 64.3 cm³/mol. The number of phosphoric acid groups is 1. The van der Waals surface area contributed by atoms with Gasteiger partial charge >= 0.3 is 7.82 Å². The maximum absolute atomic E-state index is 11.1. The summed E-state index contributed by atoms with van der Waals surface area (Å²) in [6.45, 7) is 6.49. The van der Waals surface area contributed by atoms with Crippen LogP contribution in [-0.4, -0.2) is 29.8 Å². The average molecular weight is 256 g/mol. The summed E-state index contributed by atoms with van der Waals surface area (Å²) in [6.07, 6.45) is 3.44. The van der Waals surface area contributed by atoms with Gasteiger partial charge < -0.3 is 10.00 Å². The van der Waals surface area contributed by atoms with Crippen molar-refractivity contribution in [3.63, 3.8) is 0 Å². The van der Waals surface area contributed by atoms with Crippen molar-refractivity contribution >= 4 is 7.82 Å². The fourth-order valence-corrected chi connectivity index (χ4v) is 1.48. The fraction of sp³-hybridized carbons (Fsp3) is 1.00. The van der Waals surface area contributed by atoms with E-state index in [1.807, 2.05) is 13.8 Å². The largest absolute Gasteiger partial charge is 0.472 e. The van der Waals surface area contributed by atoms with Gasteiger partial charge in [0, 0.05) is 6.61 Å². The van der Waals surface area contributed by atoms with Crippen LogP contribution in [0.15, 0.2) is 0 Å². The minimum absolute atomic E-state index is 0.250. The summed E-state index contributed by atoms with van der Waals surface area (Å²) in [7, 11) is -3.75. The van der Waals surface area contributed by atoms with Crippen LogP contribution in [0.3, 0.4) is 0 Å². The molecule has 6 heteroatoms. The van der Waals surface area contributed by atoms with Crippen molar-refractivity contribution in [1.82, 2.24) is 0 Å². The van der Waals surface area contributed by atoms with E-state index in [9.17, 15) is 4.57 Å². The number of aliphatic hydroxyl groups excluding tert-OH is 1. The molecule has 0 fully saturated rings. The van der Waals surface area contributed by atoms with Crippen LogP contribution in [0, 0.1) is 0 Å². The Morgan fingerprint density at radius 1 is 1.00 bits per heavy atom. The first-order valence-corrected chi connectivity index (χ1v) is 7.26. The molecule has 0 atom stereocenters. The summed E-state index contributed by atoms with van der Waals surface area (Å²) in [5, 5.41) is 7.57. The third-order valence-corrected chi connectivity index (χ3v) is 2.52. The van der Waals surface area contributed by atoms with Crippen LogP contribution < -0.4 is 0 Å². The smallest absolute Gasteiger partial charge is 0.397 e. The Labute approximate surface area is 98.4 Å². The standard InChI is InChI=1S/C8H19O4P.C2H6O/c1-3-5-7-11-13(9,10)12-8-6-4-2;1-2-3/h3-8H2,1-2H3,(H,9,10);3H,2H2,1H3. The van der Waals surface area contributed by atoms with E-state index in [1.54, 1.807) is 6.92 Å². The zero-order valence-electron chi connectivity index (χ0n) is 10.5. The van der Waals surface area contributed by atoms with Gasteiger partial charge in [-0.3, -0.25) is 9.05 Å². The van der Waals surface area contributed by atoms with Crippen LogP contribution in [0.25, 0.3) is 0 Å². The third-order valence-electron chi connectivity index (χ3n) is 1.50. The lowest BCUT2D eigenvalue weighted by Crippen LogP contribution is -1.98. The van der Waals surface area contributed by atoms with E-state index in [4.69, 9.17) is 19.0 Å². The maximum Gasteiger partial charge on any atom is 0.472 e. The van der Waals surface area contributed by atoms with Crippen LogP contribution in [0.1, 0.15) is 46.5 Å². The first kappa shape index (κ1) is 18.4. The lowest BCUT2D eigenvalue weighted by atomic mass is 10.4. The molecule has 0 saturated carbocycles. The number of phosphoric ester groups is 1. The highest BCUT2D eigenvalue weighted by Gasteiger charge is 2.19. The summed E-state index contributed by atoms with van der Waals surface area (Å²) in [5.74, 6) is 0. The summed E-state index contributed by atoms with van der Waals surface area (Å²) in [5.41, 5.74) is 0. The summed E-state index contributed by atoms with van der Waals surface area (Å²) >= 11 is 0. The summed E-state index contributed by atoms with van der Waals surface area (Å²) in [4.78, 5) is 9.08. The number of rotatable bonds is 8. The molecule has 0 spiro atoms. The average Bonchev–Trinajstić information content (AvgIpc) is 2.19. The van der Waals surface area contributed by atoms with Gasteiger partial charge in [0.25, 0.3) is 0 Å². The first-order chi connectivity index (χ1) is 7.54. The number of aliphatic hydroxyl groups is 1. The van der Waals surface area contributed by atoms with Gasteiger partial charge in [-0.2, -0.15) is 0 Å². The monoisotopic (exact) mass is 256 g/mol. The second-order valence-corrected chi connectivity index (χ2v) is 4.61. The first-order valence-electron chi connectivity index (χ1n) is 5.76. The van der Waals surface area contributed by atoms with Crippen LogP contribution in [0.2, 0.25) is 0 Å². The molecule has 0 aliphatic carbocycles.